The second-order valence-electron chi connectivity index (χ2n) is 22.4. The highest BCUT2D eigenvalue weighted by atomic mass is 16.7. The number of hydrogen-bond acceptors (Lipinski definition) is 18. The summed E-state index contributed by atoms with van der Waals surface area (Å²) in [5.41, 5.74) is -0.844. The third-order valence-electron chi connectivity index (χ3n) is 16.3. The summed E-state index contributed by atoms with van der Waals surface area (Å²) in [6, 6.07) is 28.0. The van der Waals surface area contributed by atoms with E-state index in [0.29, 0.717) is 17.7 Å². The number of carbonyl (C=O) groups excluding carboxylic acids is 8. The number of benzene rings is 4. The fraction of sp³-hybridized carbons (Fsp3) is 0.443. The molecule has 0 spiro atoms. The molecule has 2 saturated carbocycles. The summed E-state index contributed by atoms with van der Waals surface area (Å²) in [7, 11) is 0. The molecule has 0 radical (unpaired) electrons. The zero-order valence-corrected chi connectivity index (χ0v) is 46.4. The topological polar surface area (TPSA) is 292 Å². The van der Waals surface area contributed by atoms with Crippen LogP contribution in [0, 0.1) is 22.7 Å². The SMILES string of the molecule is CC(=O)O[C@H]1C(=O)[C@@]2(C)C([C@H](OC(=O)c3ccccc3)[C@]3(O)C[C@H](OC(=O)[C@H](OC(=O)OCc4ccc(NC(=O)[C@H](N)CC(C)C)cc4)[C@@H](NC(=O)c4ccccc4)c4ccccc4)C(C)=C1C3(C)C)[C@]1(OC(C)=O)CO[C@@H]1C[C@@H]2O. The van der Waals surface area contributed by atoms with Crippen LogP contribution in [0.25, 0.3) is 0 Å². The van der Waals surface area contributed by atoms with E-state index in [1.54, 1.807) is 91.0 Å². The second-order valence-corrected chi connectivity index (χ2v) is 22.4. The maximum atomic E-state index is 15.8. The summed E-state index contributed by atoms with van der Waals surface area (Å²) in [5.74, 6) is -7.47. The van der Waals surface area contributed by atoms with Gasteiger partial charge in [-0.05, 0) is 84.9 Å². The molecular formula is C61H69N3O17. The average molecular weight is 1120 g/mol. The Morgan fingerprint density at radius 1 is 0.802 bits per heavy atom. The fourth-order valence-corrected chi connectivity index (χ4v) is 12.1. The predicted octanol–water partition coefficient (Wildman–Crippen LogP) is 6.41. The molecule has 81 heavy (non-hydrogen) atoms. The second kappa shape index (κ2) is 23.7. The van der Waals surface area contributed by atoms with E-state index in [1.165, 1.54) is 52.0 Å². The van der Waals surface area contributed by atoms with Gasteiger partial charge in [0, 0.05) is 43.4 Å². The smallest absolute Gasteiger partial charge is 0.455 e. The molecule has 20 nitrogen and oxygen atoms in total. The first-order valence-corrected chi connectivity index (χ1v) is 26.8. The normalized spacial score (nSPS) is 27.4. The minimum atomic E-state index is -2.51. The van der Waals surface area contributed by atoms with E-state index in [0.717, 1.165) is 13.8 Å². The zero-order valence-electron chi connectivity index (χ0n) is 46.4. The minimum Gasteiger partial charge on any atom is -0.455 e. The third-order valence-corrected chi connectivity index (χ3v) is 16.3. The zero-order chi connectivity index (χ0) is 58.8. The molecule has 1 saturated heterocycles. The third kappa shape index (κ3) is 11.7. The van der Waals surface area contributed by atoms with Crippen molar-refractivity contribution in [3.63, 3.8) is 0 Å². The van der Waals surface area contributed by atoms with Gasteiger partial charge in [-0.2, -0.15) is 0 Å². The molecule has 1 aliphatic heterocycles. The van der Waals surface area contributed by atoms with Gasteiger partial charge in [0.05, 0.1) is 35.6 Å². The maximum absolute atomic E-state index is 15.8. The largest absolute Gasteiger partial charge is 0.509 e. The number of esters is 4. The van der Waals surface area contributed by atoms with Crippen LogP contribution in [0.2, 0.25) is 0 Å². The number of nitrogens with one attached hydrogen (secondary N) is 2. The van der Waals surface area contributed by atoms with Gasteiger partial charge in [-0.3, -0.25) is 24.0 Å². The number of aliphatic hydroxyl groups is 2. The Bertz CT molecular complexity index is 3060. The number of fused-ring (bicyclic) bond motifs is 5. The van der Waals surface area contributed by atoms with Gasteiger partial charge in [-0.1, -0.05) is 107 Å². The van der Waals surface area contributed by atoms with Crippen molar-refractivity contribution in [2.24, 2.45) is 28.4 Å². The van der Waals surface area contributed by atoms with Crippen LogP contribution in [0.15, 0.2) is 126 Å². The first-order chi connectivity index (χ1) is 38.3. The summed E-state index contributed by atoms with van der Waals surface area (Å²) in [4.78, 5) is 113. The molecule has 8 rings (SSSR count). The number of Topliss-reactive ketones (excluding diaryl/α,β-unsaturated/α-hetero) is 1. The molecule has 2 amide bonds. The van der Waals surface area contributed by atoms with Gasteiger partial charge in [0.2, 0.25) is 12.0 Å². The number of nitrogens with two attached hydrogens (primary N) is 1. The molecule has 4 aromatic rings. The van der Waals surface area contributed by atoms with E-state index in [-0.39, 0.29) is 52.7 Å². The van der Waals surface area contributed by atoms with Crippen LogP contribution < -0.4 is 16.4 Å². The summed E-state index contributed by atoms with van der Waals surface area (Å²) in [6.45, 7) is 11.3. The van der Waals surface area contributed by atoms with Crippen molar-refractivity contribution in [3.8, 4) is 0 Å². The van der Waals surface area contributed by atoms with Crippen LogP contribution in [0.3, 0.4) is 0 Å². The molecule has 12 atom stereocenters. The Morgan fingerprint density at radius 2 is 1.41 bits per heavy atom. The Labute approximate surface area is 469 Å². The summed E-state index contributed by atoms with van der Waals surface area (Å²) >= 11 is 0. The molecule has 20 heteroatoms. The Balaban J connectivity index is 1.22. The van der Waals surface area contributed by atoms with Crippen molar-refractivity contribution in [2.45, 2.75) is 141 Å². The van der Waals surface area contributed by atoms with E-state index in [2.05, 4.69) is 10.6 Å². The molecule has 3 fully saturated rings. The monoisotopic (exact) mass is 1120 g/mol. The van der Waals surface area contributed by atoms with Gasteiger partial charge in [-0.25, -0.2) is 14.4 Å². The van der Waals surface area contributed by atoms with Crippen LogP contribution in [0.5, 0.6) is 0 Å². The molecule has 6 N–H and O–H groups in total. The summed E-state index contributed by atoms with van der Waals surface area (Å²) < 4.78 is 42.4. The van der Waals surface area contributed by atoms with E-state index >= 15 is 9.59 Å². The lowest BCUT2D eigenvalue weighted by molar-refractivity contribution is -0.346. The quantitative estimate of drug-likeness (QED) is 0.0434. The molecule has 2 bridgehead atoms. The Hall–Kier alpha value is -7.78. The van der Waals surface area contributed by atoms with Crippen LogP contribution in [0.4, 0.5) is 10.5 Å². The van der Waals surface area contributed by atoms with Crippen molar-refractivity contribution in [2.75, 3.05) is 11.9 Å². The number of ketones is 1. The van der Waals surface area contributed by atoms with Crippen LogP contribution in [-0.4, -0.2) is 118 Å². The number of ether oxygens (including phenoxy) is 7. The van der Waals surface area contributed by atoms with E-state index in [9.17, 15) is 39.0 Å². The first kappa shape index (κ1) is 59.3. The lowest BCUT2D eigenvalue weighted by Crippen LogP contribution is -2.82. The molecule has 1 heterocycles. The molecule has 3 aliphatic carbocycles. The maximum Gasteiger partial charge on any atom is 0.509 e. The van der Waals surface area contributed by atoms with Gasteiger partial charge in [0.25, 0.3) is 5.91 Å². The van der Waals surface area contributed by atoms with Crippen molar-refractivity contribution in [1.29, 1.82) is 0 Å². The van der Waals surface area contributed by atoms with E-state index in [1.807, 2.05) is 13.8 Å². The van der Waals surface area contributed by atoms with Crippen LogP contribution >= 0.6 is 0 Å². The number of amides is 2. The van der Waals surface area contributed by atoms with Crippen molar-refractivity contribution < 1.29 is 81.7 Å². The van der Waals surface area contributed by atoms with Crippen LogP contribution in [0.1, 0.15) is 113 Å². The number of carbonyl (C=O) groups is 8. The standard InChI is InChI=1S/C61H69N3O17/c1-33(2)28-42(62)54(70)63-41-26-24-37(25-27-41)31-75-57(73)79-49(47(38-18-12-9-13-19-38)64-53(69)39-20-14-10-15-21-39)56(72)78-43-30-61(74)52(80-55(71)40-22-16-11-17-23-40)50-59(8,44(67)29-45-60(50,32-76-45)81-36(5)66)51(68)48(77-35(4)65)46(34(43)3)58(61,6)7/h9-27,33,42-45,47-50,52,67,74H,28-32,62H2,1-8H3,(H,63,70)(H,64,69)/t42-,43+,44+,45-,47+,48-,49-,50?,52+,59-,60+,61-/m1/s1. The molecule has 0 aromatic heterocycles. The minimum absolute atomic E-state index is 0.0245. The lowest BCUT2D eigenvalue weighted by Gasteiger charge is -2.67. The van der Waals surface area contributed by atoms with Gasteiger partial charge in [0.15, 0.2) is 17.5 Å². The van der Waals surface area contributed by atoms with Gasteiger partial charge in [-0.15, -0.1) is 0 Å². The number of aliphatic hydroxyl groups excluding tert-OH is 1. The predicted molar refractivity (Wildman–Crippen MR) is 289 cm³/mol. The van der Waals surface area contributed by atoms with E-state index < -0.39 is 131 Å². The average Bonchev–Trinajstić information content (AvgIpc) is 3.33. The highest BCUT2D eigenvalue weighted by molar-refractivity contribution is 5.97. The highest BCUT2D eigenvalue weighted by Gasteiger charge is 2.78. The molecule has 4 aromatic carbocycles. The lowest BCUT2D eigenvalue weighted by atomic mass is 9.44. The molecule has 4 aliphatic rings. The molecule has 430 valence electrons. The number of rotatable bonds is 17. The van der Waals surface area contributed by atoms with Gasteiger partial charge in [0.1, 0.15) is 36.6 Å². The van der Waals surface area contributed by atoms with Gasteiger partial charge >= 0.3 is 30.0 Å². The summed E-state index contributed by atoms with van der Waals surface area (Å²) in [6.07, 6.45) is -12.1. The molecular weight excluding hydrogens is 1050 g/mol. The van der Waals surface area contributed by atoms with E-state index in [4.69, 9.17) is 38.9 Å². The number of anilines is 1. The van der Waals surface area contributed by atoms with Gasteiger partial charge < -0.3 is 59.7 Å². The highest BCUT2D eigenvalue weighted by Crippen LogP contribution is 2.64. The Morgan fingerprint density at radius 3 is 1.98 bits per heavy atom. The van der Waals surface area contributed by atoms with Crippen molar-refractivity contribution in [3.05, 3.63) is 149 Å². The van der Waals surface area contributed by atoms with Crippen molar-refractivity contribution >= 4 is 53.3 Å². The Kier molecular flexibility index (Phi) is 17.4. The first-order valence-electron chi connectivity index (χ1n) is 26.8. The van der Waals surface area contributed by atoms with Crippen molar-refractivity contribution in [1.82, 2.24) is 5.32 Å². The molecule has 1 unspecified atom stereocenters. The summed E-state index contributed by atoms with van der Waals surface area (Å²) in [5, 5.41) is 31.9. The van der Waals surface area contributed by atoms with Crippen LogP contribution in [-0.2, 0) is 63.7 Å². The fourth-order valence-electron chi connectivity index (χ4n) is 12.1. The number of hydrogen-bond donors (Lipinski definition) is 5.